The minimum Gasteiger partial charge on any atom is -0.376 e. The van der Waals surface area contributed by atoms with Crippen LogP contribution in [0, 0.1) is 0 Å². The minimum absolute atomic E-state index is 0.185. The molecule has 16 heavy (non-hydrogen) atoms. The van der Waals surface area contributed by atoms with E-state index < -0.39 is 0 Å². The Morgan fingerprint density at radius 1 is 1.19 bits per heavy atom. The van der Waals surface area contributed by atoms with E-state index in [-0.39, 0.29) is 6.10 Å². The summed E-state index contributed by atoms with van der Waals surface area (Å²) in [5.41, 5.74) is 5.68. The van der Waals surface area contributed by atoms with Gasteiger partial charge in [-0.2, -0.15) is 0 Å². The van der Waals surface area contributed by atoms with Gasteiger partial charge in [-0.15, -0.1) is 0 Å². The predicted molar refractivity (Wildman–Crippen MR) is 69.8 cm³/mol. The summed E-state index contributed by atoms with van der Waals surface area (Å²) in [6, 6.07) is 0. The minimum atomic E-state index is 0.185. The molecule has 4 heteroatoms. The van der Waals surface area contributed by atoms with Crippen molar-refractivity contribution in [3.05, 3.63) is 0 Å². The molecule has 0 aliphatic carbocycles. The van der Waals surface area contributed by atoms with Gasteiger partial charge in [0.2, 0.25) is 0 Å². The van der Waals surface area contributed by atoms with E-state index in [0.29, 0.717) is 6.54 Å². The van der Waals surface area contributed by atoms with Crippen molar-refractivity contribution in [1.82, 2.24) is 9.80 Å². The van der Waals surface area contributed by atoms with Crippen LogP contribution in [0.5, 0.6) is 0 Å². The highest BCUT2D eigenvalue weighted by atomic mass is 16.5. The summed E-state index contributed by atoms with van der Waals surface area (Å²) in [6.07, 6.45) is 1.38. The normalized spacial score (nSPS) is 13.7. The zero-order valence-corrected chi connectivity index (χ0v) is 11.4. The first-order valence-corrected chi connectivity index (χ1v) is 6.32. The Morgan fingerprint density at radius 3 is 2.31 bits per heavy atom. The van der Waals surface area contributed by atoms with E-state index in [1.165, 1.54) is 6.42 Å². The Bertz CT molecular complexity index is 153. The van der Waals surface area contributed by atoms with Crippen molar-refractivity contribution in [3.63, 3.8) is 0 Å². The molecule has 0 heterocycles. The van der Waals surface area contributed by atoms with E-state index in [9.17, 15) is 0 Å². The molecule has 2 N–H and O–H groups in total. The first-order valence-electron chi connectivity index (χ1n) is 6.32. The van der Waals surface area contributed by atoms with E-state index in [1.54, 1.807) is 0 Å². The lowest BCUT2D eigenvalue weighted by atomic mass is 10.3. The van der Waals surface area contributed by atoms with Crippen LogP contribution in [0.25, 0.3) is 0 Å². The molecule has 4 nitrogen and oxygen atoms in total. The van der Waals surface area contributed by atoms with Crippen molar-refractivity contribution in [2.45, 2.75) is 26.4 Å². The molecule has 0 radical (unpaired) electrons. The third-order valence-electron chi connectivity index (χ3n) is 2.65. The van der Waals surface area contributed by atoms with E-state index in [0.717, 1.165) is 32.8 Å². The molecule has 0 aromatic carbocycles. The van der Waals surface area contributed by atoms with Gasteiger partial charge in [0.15, 0.2) is 0 Å². The number of nitrogens with zero attached hydrogens (tertiary/aromatic N) is 2. The Balaban J connectivity index is 3.79. The second kappa shape index (κ2) is 10.0. The summed E-state index contributed by atoms with van der Waals surface area (Å²) in [5.74, 6) is 0. The van der Waals surface area contributed by atoms with Gasteiger partial charge in [0.05, 0.1) is 6.10 Å². The highest BCUT2D eigenvalue weighted by molar-refractivity contribution is 4.66. The molecule has 1 unspecified atom stereocenters. The molecular formula is C12H29N3O. The summed E-state index contributed by atoms with van der Waals surface area (Å²) >= 11 is 0. The Labute approximate surface area is 101 Å². The summed E-state index contributed by atoms with van der Waals surface area (Å²) in [4.78, 5) is 4.63. The number of ether oxygens (including phenoxy) is 1. The van der Waals surface area contributed by atoms with E-state index in [4.69, 9.17) is 10.5 Å². The third-order valence-corrected chi connectivity index (χ3v) is 2.65. The van der Waals surface area contributed by atoms with Crippen LogP contribution in [0.4, 0.5) is 0 Å². The van der Waals surface area contributed by atoms with Crippen LogP contribution in [-0.4, -0.2) is 69.3 Å². The van der Waals surface area contributed by atoms with Crippen molar-refractivity contribution in [3.8, 4) is 0 Å². The summed E-state index contributed by atoms with van der Waals surface area (Å²) in [7, 11) is 4.22. The molecule has 0 aromatic heterocycles. The maximum atomic E-state index is 5.68. The Morgan fingerprint density at radius 2 is 1.88 bits per heavy atom. The standard InChI is InChI=1S/C12H29N3O/c1-5-15(9-7-8-14(3)4)11-12(10-13)16-6-2/h12H,5-11,13H2,1-4H3. The molecule has 0 amide bonds. The predicted octanol–water partition coefficient (Wildman–Crippen LogP) is 0.624. The summed E-state index contributed by atoms with van der Waals surface area (Å²) < 4.78 is 5.57. The van der Waals surface area contributed by atoms with Gasteiger partial charge in [-0.05, 0) is 47.1 Å². The number of likely N-dealkylation sites (N-methyl/N-ethyl adjacent to an activating group) is 1. The maximum absolute atomic E-state index is 5.68. The molecule has 0 bridgehead atoms. The molecular weight excluding hydrogens is 202 g/mol. The van der Waals surface area contributed by atoms with Crippen LogP contribution >= 0.6 is 0 Å². The fourth-order valence-corrected chi connectivity index (χ4v) is 1.71. The van der Waals surface area contributed by atoms with Crippen molar-refractivity contribution in [1.29, 1.82) is 0 Å². The van der Waals surface area contributed by atoms with Gasteiger partial charge in [-0.1, -0.05) is 6.92 Å². The first kappa shape index (κ1) is 15.8. The average Bonchev–Trinajstić information content (AvgIpc) is 2.26. The molecule has 0 fully saturated rings. The fourth-order valence-electron chi connectivity index (χ4n) is 1.71. The maximum Gasteiger partial charge on any atom is 0.0823 e. The summed E-state index contributed by atoms with van der Waals surface area (Å²) in [6.45, 7) is 9.84. The SMILES string of the molecule is CCOC(CN)CN(CC)CCCN(C)C. The molecule has 0 aliphatic rings. The highest BCUT2D eigenvalue weighted by Crippen LogP contribution is 1.98. The first-order chi connectivity index (χ1) is 7.63. The van der Waals surface area contributed by atoms with Crippen molar-refractivity contribution in [2.24, 2.45) is 5.73 Å². The van der Waals surface area contributed by atoms with Crippen molar-refractivity contribution >= 4 is 0 Å². The van der Waals surface area contributed by atoms with Crippen LogP contribution in [0.2, 0.25) is 0 Å². The number of rotatable bonds is 10. The number of hydrogen-bond donors (Lipinski definition) is 1. The van der Waals surface area contributed by atoms with Crippen LogP contribution in [0.3, 0.4) is 0 Å². The van der Waals surface area contributed by atoms with Gasteiger partial charge in [-0.25, -0.2) is 0 Å². The smallest absolute Gasteiger partial charge is 0.0823 e. The molecule has 0 saturated heterocycles. The van der Waals surface area contributed by atoms with Gasteiger partial charge in [0, 0.05) is 19.7 Å². The lowest BCUT2D eigenvalue weighted by Gasteiger charge is -2.26. The molecule has 0 aliphatic heterocycles. The monoisotopic (exact) mass is 231 g/mol. The Kier molecular flexibility index (Phi) is 9.92. The molecule has 0 aromatic rings. The molecule has 0 rings (SSSR count). The highest BCUT2D eigenvalue weighted by Gasteiger charge is 2.11. The van der Waals surface area contributed by atoms with E-state index in [1.807, 2.05) is 6.92 Å². The van der Waals surface area contributed by atoms with Gasteiger partial charge in [0.1, 0.15) is 0 Å². The summed E-state index contributed by atoms with van der Waals surface area (Å²) in [5, 5.41) is 0. The zero-order valence-electron chi connectivity index (χ0n) is 11.4. The van der Waals surface area contributed by atoms with E-state index >= 15 is 0 Å². The van der Waals surface area contributed by atoms with Gasteiger partial charge in [-0.3, -0.25) is 0 Å². The number of hydrogen-bond acceptors (Lipinski definition) is 4. The Hall–Kier alpha value is -0.160. The average molecular weight is 231 g/mol. The van der Waals surface area contributed by atoms with Crippen LogP contribution < -0.4 is 5.73 Å². The van der Waals surface area contributed by atoms with E-state index in [2.05, 4.69) is 30.8 Å². The quantitative estimate of drug-likeness (QED) is 0.598. The van der Waals surface area contributed by atoms with Crippen LogP contribution in [-0.2, 0) is 4.74 Å². The molecule has 98 valence electrons. The van der Waals surface area contributed by atoms with Crippen molar-refractivity contribution < 1.29 is 4.74 Å². The van der Waals surface area contributed by atoms with Gasteiger partial charge in [0.25, 0.3) is 0 Å². The zero-order chi connectivity index (χ0) is 12.4. The lowest BCUT2D eigenvalue weighted by Crippen LogP contribution is -2.39. The second-order valence-electron chi connectivity index (χ2n) is 4.36. The topological polar surface area (TPSA) is 41.7 Å². The molecule has 0 saturated carbocycles. The largest absolute Gasteiger partial charge is 0.376 e. The lowest BCUT2D eigenvalue weighted by molar-refractivity contribution is 0.0398. The molecule has 0 spiro atoms. The second-order valence-corrected chi connectivity index (χ2v) is 4.36. The van der Waals surface area contributed by atoms with Crippen LogP contribution in [0.15, 0.2) is 0 Å². The number of nitrogens with two attached hydrogens (primary N) is 1. The molecule has 1 atom stereocenters. The van der Waals surface area contributed by atoms with Gasteiger partial charge < -0.3 is 20.3 Å². The van der Waals surface area contributed by atoms with Crippen molar-refractivity contribution in [2.75, 3.05) is 53.4 Å². The van der Waals surface area contributed by atoms with Crippen LogP contribution in [0.1, 0.15) is 20.3 Å². The van der Waals surface area contributed by atoms with Gasteiger partial charge >= 0.3 is 0 Å². The third kappa shape index (κ3) is 8.05. The fraction of sp³-hybridized carbons (Fsp3) is 1.00.